The highest BCUT2D eigenvalue weighted by Gasteiger charge is 2.31. The quantitative estimate of drug-likeness (QED) is 0.468. The molecule has 1 unspecified atom stereocenters. The molecule has 4 rings (SSSR count). The Hall–Kier alpha value is -1.96. The molecule has 0 aliphatic heterocycles. The predicted molar refractivity (Wildman–Crippen MR) is 129 cm³/mol. The van der Waals surface area contributed by atoms with Crippen LogP contribution in [0.4, 0.5) is 0 Å². The van der Waals surface area contributed by atoms with E-state index in [0.717, 1.165) is 66.2 Å². The summed E-state index contributed by atoms with van der Waals surface area (Å²) in [7, 11) is 0.225. The Labute approximate surface area is 195 Å². The minimum Gasteiger partial charge on any atom is -0.248 e. The van der Waals surface area contributed by atoms with Crippen molar-refractivity contribution >= 4 is 32.7 Å². The SMILES string of the molecule is CCC(c1ccc(Cl)c(CN(C)S(=O)(=O)C2CCCCC2)c1)c1ccc2c(c1)nnn2C. The Morgan fingerprint density at radius 2 is 1.81 bits per heavy atom. The van der Waals surface area contributed by atoms with Crippen molar-refractivity contribution in [2.75, 3.05) is 7.05 Å². The molecule has 2 aromatic carbocycles. The molecule has 172 valence electrons. The van der Waals surface area contributed by atoms with Crippen LogP contribution in [-0.4, -0.2) is 40.0 Å². The highest BCUT2D eigenvalue weighted by Crippen LogP contribution is 2.33. The van der Waals surface area contributed by atoms with Crippen LogP contribution in [0.15, 0.2) is 36.4 Å². The van der Waals surface area contributed by atoms with Crippen LogP contribution in [-0.2, 0) is 23.6 Å². The van der Waals surface area contributed by atoms with Gasteiger partial charge in [0.25, 0.3) is 0 Å². The zero-order valence-electron chi connectivity index (χ0n) is 19.0. The number of benzene rings is 2. The summed E-state index contributed by atoms with van der Waals surface area (Å²) >= 11 is 6.51. The molecule has 3 aromatic rings. The average molecular weight is 475 g/mol. The zero-order chi connectivity index (χ0) is 22.9. The largest absolute Gasteiger partial charge is 0.248 e. The van der Waals surface area contributed by atoms with Gasteiger partial charge in [-0.1, -0.05) is 61.2 Å². The number of hydrogen-bond donors (Lipinski definition) is 0. The Kier molecular flexibility index (Phi) is 6.89. The summed E-state index contributed by atoms with van der Waals surface area (Å²) < 4.78 is 29.4. The van der Waals surface area contributed by atoms with Gasteiger partial charge in [0.05, 0.1) is 10.8 Å². The van der Waals surface area contributed by atoms with E-state index in [0.29, 0.717) is 5.02 Å². The molecule has 32 heavy (non-hydrogen) atoms. The number of nitrogens with zero attached hydrogens (tertiary/aromatic N) is 4. The van der Waals surface area contributed by atoms with Gasteiger partial charge in [-0.3, -0.25) is 0 Å². The van der Waals surface area contributed by atoms with E-state index in [1.165, 1.54) is 4.31 Å². The summed E-state index contributed by atoms with van der Waals surface area (Å²) in [4.78, 5) is 0. The number of rotatable bonds is 7. The lowest BCUT2D eigenvalue weighted by molar-refractivity contribution is 0.422. The smallest absolute Gasteiger partial charge is 0.217 e. The topological polar surface area (TPSA) is 68.1 Å². The fourth-order valence-electron chi connectivity index (χ4n) is 4.82. The minimum absolute atomic E-state index is 0.165. The van der Waals surface area contributed by atoms with E-state index >= 15 is 0 Å². The third-order valence-electron chi connectivity index (χ3n) is 6.72. The summed E-state index contributed by atoms with van der Waals surface area (Å²) in [6.45, 7) is 2.44. The Morgan fingerprint density at radius 3 is 2.53 bits per heavy atom. The summed E-state index contributed by atoms with van der Waals surface area (Å²) in [6.07, 6.45) is 5.52. The second kappa shape index (κ2) is 9.49. The number of fused-ring (bicyclic) bond motifs is 1. The fourth-order valence-corrected chi connectivity index (χ4v) is 6.75. The average Bonchev–Trinajstić information content (AvgIpc) is 3.17. The number of aromatic nitrogens is 3. The molecule has 0 radical (unpaired) electrons. The van der Waals surface area contributed by atoms with Crippen LogP contribution in [0.3, 0.4) is 0 Å². The minimum atomic E-state index is -3.33. The molecule has 0 spiro atoms. The van der Waals surface area contributed by atoms with Crippen molar-refractivity contribution in [3.05, 3.63) is 58.1 Å². The van der Waals surface area contributed by atoms with Gasteiger partial charge in [-0.05, 0) is 54.2 Å². The molecule has 1 saturated carbocycles. The fraction of sp³-hybridized carbons (Fsp3) is 0.500. The lowest BCUT2D eigenvalue weighted by atomic mass is 9.88. The first-order valence-electron chi connectivity index (χ1n) is 11.3. The van der Waals surface area contributed by atoms with Crippen LogP contribution < -0.4 is 0 Å². The maximum absolute atomic E-state index is 13.1. The number of sulfonamides is 1. The van der Waals surface area contributed by atoms with E-state index in [1.54, 1.807) is 11.7 Å². The van der Waals surface area contributed by atoms with E-state index in [1.807, 2.05) is 19.2 Å². The monoisotopic (exact) mass is 474 g/mol. The van der Waals surface area contributed by atoms with Gasteiger partial charge >= 0.3 is 0 Å². The molecule has 1 atom stereocenters. The van der Waals surface area contributed by atoms with E-state index in [-0.39, 0.29) is 17.7 Å². The van der Waals surface area contributed by atoms with Crippen LogP contribution in [0.5, 0.6) is 0 Å². The van der Waals surface area contributed by atoms with Gasteiger partial charge in [0.2, 0.25) is 10.0 Å². The van der Waals surface area contributed by atoms with E-state index in [4.69, 9.17) is 11.6 Å². The van der Waals surface area contributed by atoms with Crippen LogP contribution in [0.2, 0.25) is 5.02 Å². The molecule has 0 N–H and O–H groups in total. The molecule has 0 bridgehead atoms. The van der Waals surface area contributed by atoms with Gasteiger partial charge in [-0.15, -0.1) is 5.10 Å². The van der Waals surface area contributed by atoms with E-state index in [9.17, 15) is 8.42 Å². The van der Waals surface area contributed by atoms with Crippen molar-refractivity contribution in [2.24, 2.45) is 7.05 Å². The summed E-state index contributed by atoms with van der Waals surface area (Å²) in [5.74, 6) is 0.165. The van der Waals surface area contributed by atoms with Crippen LogP contribution in [0.1, 0.15) is 68.1 Å². The zero-order valence-corrected chi connectivity index (χ0v) is 20.5. The highest BCUT2D eigenvalue weighted by molar-refractivity contribution is 7.89. The van der Waals surface area contributed by atoms with Crippen LogP contribution >= 0.6 is 11.6 Å². The number of hydrogen-bond acceptors (Lipinski definition) is 4. The van der Waals surface area contributed by atoms with Gasteiger partial charge in [0.1, 0.15) is 5.52 Å². The van der Waals surface area contributed by atoms with Gasteiger partial charge in [0, 0.05) is 31.6 Å². The Morgan fingerprint density at radius 1 is 1.12 bits per heavy atom. The molecule has 6 nitrogen and oxygen atoms in total. The van der Waals surface area contributed by atoms with Crippen molar-refractivity contribution in [3.8, 4) is 0 Å². The van der Waals surface area contributed by atoms with Crippen molar-refractivity contribution in [1.82, 2.24) is 19.3 Å². The van der Waals surface area contributed by atoms with Crippen molar-refractivity contribution in [3.63, 3.8) is 0 Å². The second-order valence-corrected chi connectivity index (χ2v) is 11.6. The third kappa shape index (κ3) is 4.56. The molecular formula is C24H31ClN4O2S. The first-order chi connectivity index (χ1) is 15.3. The second-order valence-electron chi connectivity index (χ2n) is 8.83. The molecule has 1 aliphatic carbocycles. The Balaban J connectivity index is 1.60. The van der Waals surface area contributed by atoms with Crippen molar-refractivity contribution in [2.45, 2.75) is 63.2 Å². The first-order valence-corrected chi connectivity index (χ1v) is 13.2. The van der Waals surface area contributed by atoms with Crippen molar-refractivity contribution < 1.29 is 8.42 Å². The molecular weight excluding hydrogens is 444 g/mol. The highest BCUT2D eigenvalue weighted by atomic mass is 35.5. The summed E-state index contributed by atoms with van der Waals surface area (Å²) in [5, 5.41) is 8.67. The normalized spacial score (nSPS) is 16.7. The maximum atomic E-state index is 13.1. The molecule has 1 heterocycles. The number of halogens is 1. The van der Waals surface area contributed by atoms with Gasteiger partial charge in [0.15, 0.2) is 0 Å². The van der Waals surface area contributed by atoms with Gasteiger partial charge < -0.3 is 0 Å². The molecule has 0 amide bonds. The van der Waals surface area contributed by atoms with Gasteiger partial charge in [-0.25, -0.2) is 17.4 Å². The summed E-state index contributed by atoms with van der Waals surface area (Å²) in [5.41, 5.74) is 4.99. The van der Waals surface area contributed by atoms with Gasteiger partial charge in [-0.2, -0.15) is 0 Å². The van der Waals surface area contributed by atoms with Crippen LogP contribution in [0.25, 0.3) is 11.0 Å². The molecule has 8 heteroatoms. The third-order valence-corrected chi connectivity index (χ3v) is 9.40. The molecule has 1 fully saturated rings. The molecule has 1 aliphatic rings. The summed E-state index contributed by atoms with van der Waals surface area (Å²) in [6, 6.07) is 12.2. The van der Waals surface area contributed by atoms with E-state index in [2.05, 4.69) is 41.5 Å². The lowest BCUT2D eigenvalue weighted by Crippen LogP contribution is -2.36. The predicted octanol–water partition coefficient (Wildman–Crippen LogP) is 5.26. The van der Waals surface area contributed by atoms with Crippen molar-refractivity contribution in [1.29, 1.82) is 0 Å². The maximum Gasteiger partial charge on any atom is 0.217 e. The first kappa shape index (κ1) is 23.2. The standard InChI is InChI=1S/C24H31ClN4O2S/c1-4-21(18-11-13-24-23(15-18)26-27-29(24)3)17-10-12-22(25)19(14-17)16-28(2)32(30,31)20-8-6-5-7-9-20/h10-15,20-21H,4-9,16H2,1-3H3. The number of aryl methyl sites for hydroxylation is 1. The molecule has 0 saturated heterocycles. The van der Waals surface area contributed by atoms with Crippen LogP contribution in [0, 0.1) is 0 Å². The Bertz CT molecular complexity index is 1200. The van der Waals surface area contributed by atoms with E-state index < -0.39 is 10.0 Å². The lowest BCUT2D eigenvalue weighted by Gasteiger charge is -2.27. The molecule has 1 aromatic heterocycles.